The van der Waals surface area contributed by atoms with Crippen molar-refractivity contribution < 1.29 is 9.59 Å². The molecular formula is C24H30ClN3O2S. The van der Waals surface area contributed by atoms with Gasteiger partial charge in [-0.05, 0) is 62.4 Å². The summed E-state index contributed by atoms with van der Waals surface area (Å²) in [6, 6.07) is 11.3. The van der Waals surface area contributed by atoms with Gasteiger partial charge in [0.2, 0.25) is 5.91 Å². The van der Waals surface area contributed by atoms with Crippen molar-refractivity contribution in [1.82, 2.24) is 10.6 Å². The number of rotatable bonds is 9. The minimum atomic E-state index is -0.455. The van der Waals surface area contributed by atoms with Crippen LogP contribution in [0, 0.1) is 5.92 Å². The zero-order chi connectivity index (χ0) is 21.8. The van der Waals surface area contributed by atoms with Crippen LogP contribution in [-0.4, -0.2) is 23.9 Å². The molecule has 0 saturated heterocycles. The molecule has 7 heteroatoms. The molecule has 2 fully saturated rings. The first kappa shape index (κ1) is 22.2. The van der Waals surface area contributed by atoms with Crippen molar-refractivity contribution >= 4 is 40.4 Å². The van der Waals surface area contributed by atoms with Gasteiger partial charge in [-0.25, -0.2) is 0 Å². The normalized spacial score (nSPS) is 18.4. The smallest absolute Gasteiger partial charge is 0.262 e. The van der Waals surface area contributed by atoms with Crippen LogP contribution in [0.1, 0.15) is 72.5 Å². The van der Waals surface area contributed by atoms with Crippen LogP contribution in [-0.2, 0) is 4.79 Å². The number of carbonyl (C=O) groups excluding carboxylic acids is 2. The Labute approximate surface area is 193 Å². The Kier molecular flexibility index (Phi) is 7.18. The highest BCUT2D eigenvalue weighted by Crippen LogP contribution is 2.30. The SMILES string of the molecule is C[C@H](Nc1cccc(Cl)c1)c1ccc(C(=O)N[C@@H](CC2CCCC2)C(=O)NC2CC2)s1. The van der Waals surface area contributed by atoms with Gasteiger partial charge in [-0.3, -0.25) is 9.59 Å². The molecule has 0 spiro atoms. The molecule has 2 atom stereocenters. The lowest BCUT2D eigenvalue weighted by atomic mass is 9.97. The predicted octanol–water partition coefficient (Wildman–Crippen LogP) is 5.53. The maximum absolute atomic E-state index is 13.0. The van der Waals surface area contributed by atoms with Gasteiger partial charge < -0.3 is 16.0 Å². The Morgan fingerprint density at radius 2 is 1.90 bits per heavy atom. The Bertz CT molecular complexity index is 921. The summed E-state index contributed by atoms with van der Waals surface area (Å²) in [7, 11) is 0. The molecule has 166 valence electrons. The van der Waals surface area contributed by atoms with Gasteiger partial charge in [-0.2, -0.15) is 0 Å². The molecule has 31 heavy (non-hydrogen) atoms. The number of benzene rings is 1. The highest BCUT2D eigenvalue weighted by molar-refractivity contribution is 7.14. The van der Waals surface area contributed by atoms with Crippen LogP contribution in [0.5, 0.6) is 0 Å². The summed E-state index contributed by atoms with van der Waals surface area (Å²) in [5.74, 6) is 0.326. The maximum Gasteiger partial charge on any atom is 0.262 e. The molecule has 2 aliphatic carbocycles. The van der Waals surface area contributed by atoms with E-state index in [2.05, 4.69) is 22.9 Å². The first-order valence-electron chi connectivity index (χ1n) is 11.2. The summed E-state index contributed by atoms with van der Waals surface area (Å²) < 4.78 is 0. The van der Waals surface area contributed by atoms with Crippen LogP contribution >= 0.6 is 22.9 Å². The fourth-order valence-corrected chi connectivity index (χ4v) is 5.28. The third-order valence-electron chi connectivity index (χ3n) is 6.07. The van der Waals surface area contributed by atoms with E-state index in [1.165, 1.54) is 24.2 Å². The number of hydrogen-bond acceptors (Lipinski definition) is 4. The molecule has 2 saturated carbocycles. The summed E-state index contributed by atoms with van der Waals surface area (Å²) in [5, 5.41) is 10.2. The number of carbonyl (C=O) groups is 2. The van der Waals surface area contributed by atoms with Crippen LogP contribution in [0.3, 0.4) is 0 Å². The lowest BCUT2D eigenvalue weighted by Gasteiger charge is -2.21. The second kappa shape index (κ2) is 10.0. The van der Waals surface area contributed by atoms with E-state index in [1.807, 2.05) is 36.4 Å². The minimum absolute atomic E-state index is 0.0319. The van der Waals surface area contributed by atoms with Crippen molar-refractivity contribution in [3.63, 3.8) is 0 Å². The molecule has 0 radical (unpaired) electrons. The topological polar surface area (TPSA) is 70.2 Å². The van der Waals surface area contributed by atoms with Crippen LogP contribution in [0.4, 0.5) is 5.69 Å². The number of halogens is 1. The molecule has 1 aromatic heterocycles. The molecular weight excluding hydrogens is 430 g/mol. The van der Waals surface area contributed by atoms with Crippen molar-refractivity contribution in [2.75, 3.05) is 5.32 Å². The minimum Gasteiger partial charge on any atom is -0.378 e. The molecule has 0 unspecified atom stereocenters. The van der Waals surface area contributed by atoms with E-state index in [0.717, 1.165) is 42.7 Å². The Balaban J connectivity index is 1.38. The quantitative estimate of drug-likeness (QED) is 0.461. The number of thiophene rings is 1. The zero-order valence-corrected chi connectivity index (χ0v) is 19.4. The highest BCUT2D eigenvalue weighted by Gasteiger charge is 2.31. The summed E-state index contributed by atoms with van der Waals surface area (Å²) in [4.78, 5) is 27.4. The van der Waals surface area contributed by atoms with Crippen LogP contribution < -0.4 is 16.0 Å². The van der Waals surface area contributed by atoms with Gasteiger partial charge in [-0.1, -0.05) is 43.4 Å². The molecule has 4 rings (SSSR count). The molecule has 3 N–H and O–H groups in total. The van der Waals surface area contributed by atoms with E-state index in [0.29, 0.717) is 21.9 Å². The molecule has 2 aliphatic rings. The first-order valence-corrected chi connectivity index (χ1v) is 12.4. The van der Waals surface area contributed by atoms with Crippen molar-refractivity contribution in [2.45, 2.75) is 70.0 Å². The van der Waals surface area contributed by atoms with Crippen molar-refractivity contribution in [3.05, 3.63) is 51.2 Å². The predicted molar refractivity (Wildman–Crippen MR) is 127 cm³/mol. The van der Waals surface area contributed by atoms with Crippen LogP contribution in [0.15, 0.2) is 36.4 Å². The molecule has 1 aromatic carbocycles. The fourth-order valence-electron chi connectivity index (χ4n) is 4.18. The number of hydrogen-bond donors (Lipinski definition) is 3. The third kappa shape index (κ3) is 6.23. The van der Waals surface area contributed by atoms with E-state index >= 15 is 0 Å². The van der Waals surface area contributed by atoms with E-state index in [4.69, 9.17) is 11.6 Å². The summed E-state index contributed by atoms with van der Waals surface area (Å²) in [6.45, 7) is 2.06. The van der Waals surface area contributed by atoms with Gasteiger partial charge in [0.1, 0.15) is 6.04 Å². The van der Waals surface area contributed by atoms with Gasteiger partial charge in [0.15, 0.2) is 0 Å². The molecule has 2 aromatic rings. The largest absolute Gasteiger partial charge is 0.378 e. The molecule has 1 heterocycles. The second-order valence-corrected chi connectivity index (χ2v) is 10.3. The van der Waals surface area contributed by atoms with Gasteiger partial charge in [-0.15, -0.1) is 11.3 Å². The van der Waals surface area contributed by atoms with Gasteiger partial charge >= 0.3 is 0 Å². The van der Waals surface area contributed by atoms with Crippen molar-refractivity contribution in [1.29, 1.82) is 0 Å². The molecule has 0 bridgehead atoms. The first-order chi connectivity index (χ1) is 15.0. The number of nitrogens with one attached hydrogen (secondary N) is 3. The van der Waals surface area contributed by atoms with E-state index < -0.39 is 6.04 Å². The van der Waals surface area contributed by atoms with E-state index in [1.54, 1.807) is 0 Å². The van der Waals surface area contributed by atoms with E-state index in [-0.39, 0.29) is 17.9 Å². The third-order valence-corrected chi connectivity index (χ3v) is 7.58. The van der Waals surface area contributed by atoms with Crippen molar-refractivity contribution in [2.24, 2.45) is 5.92 Å². The summed E-state index contributed by atoms with van der Waals surface area (Å²) in [5.41, 5.74) is 0.938. The van der Waals surface area contributed by atoms with Crippen molar-refractivity contribution in [3.8, 4) is 0 Å². The summed E-state index contributed by atoms with van der Waals surface area (Å²) in [6.07, 6.45) is 7.57. The maximum atomic E-state index is 13.0. The number of anilines is 1. The average Bonchev–Trinajstić information content (AvgIpc) is 3.19. The Morgan fingerprint density at radius 1 is 1.13 bits per heavy atom. The molecule has 0 aliphatic heterocycles. The van der Waals surface area contributed by atoms with Crippen LogP contribution in [0.25, 0.3) is 0 Å². The monoisotopic (exact) mass is 459 g/mol. The summed E-state index contributed by atoms with van der Waals surface area (Å²) >= 11 is 7.52. The standard InChI is InChI=1S/C24H30ClN3O2S/c1-15(26-19-8-4-7-17(25)14-19)21-11-12-22(31-21)24(30)28-20(13-16-5-2-3-6-16)23(29)27-18-9-10-18/h4,7-8,11-12,14-16,18,20,26H,2-3,5-6,9-10,13H2,1H3,(H,27,29)(H,28,30)/t15-,20-/m0/s1. The zero-order valence-electron chi connectivity index (χ0n) is 17.8. The Hall–Kier alpha value is -2.05. The average molecular weight is 460 g/mol. The number of amides is 2. The highest BCUT2D eigenvalue weighted by atomic mass is 35.5. The fraction of sp³-hybridized carbons (Fsp3) is 0.500. The second-order valence-electron chi connectivity index (χ2n) is 8.77. The van der Waals surface area contributed by atoms with Crippen LogP contribution in [0.2, 0.25) is 5.02 Å². The van der Waals surface area contributed by atoms with Gasteiger partial charge in [0.25, 0.3) is 5.91 Å². The lowest BCUT2D eigenvalue weighted by Crippen LogP contribution is -2.48. The molecule has 5 nitrogen and oxygen atoms in total. The Morgan fingerprint density at radius 3 is 2.61 bits per heavy atom. The van der Waals surface area contributed by atoms with E-state index in [9.17, 15) is 9.59 Å². The van der Waals surface area contributed by atoms with Gasteiger partial charge in [0.05, 0.1) is 10.9 Å². The molecule has 2 amide bonds. The van der Waals surface area contributed by atoms with Gasteiger partial charge in [0, 0.05) is 21.6 Å². The lowest BCUT2D eigenvalue weighted by molar-refractivity contribution is -0.123.